The summed E-state index contributed by atoms with van der Waals surface area (Å²) in [6, 6.07) is 3.30. The maximum absolute atomic E-state index is 12.2. The molecule has 1 aromatic carbocycles. The molecule has 8 heteroatoms. The maximum Gasteiger partial charge on any atom is 0.510 e. The lowest BCUT2D eigenvalue weighted by Gasteiger charge is -2.38. The van der Waals surface area contributed by atoms with Crippen LogP contribution in [0.4, 0.5) is 9.59 Å². The van der Waals surface area contributed by atoms with Gasteiger partial charge in [0.1, 0.15) is 11.4 Å². The fraction of sp³-hybridized carbons (Fsp3) is 0.529. The van der Waals surface area contributed by atoms with E-state index < -0.39 is 23.6 Å². The van der Waals surface area contributed by atoms with Gasteiger partial charge in [-0.05, 0) is 44.9 Å². The van der Waals surface area contributed by atoms with Crippen molar-refractivity contribution in [1.29, 1.82) is 0 Å². The first-order chi connectivity index (χ1) is 11.6. The van der Waals surface area contributed by atoms with Gasteiger partial charge in [0.25, 0.3) is 0 Å². The molecule has 0 unspecified atom stereocenters. The molecular formula is C17H22BrNO6. The Kier molecular flexibility index (Phi) is 5.51. The lowest BCUT2D eigenvalue weighted by atomic mass is 9.85. The molecule has 2 N–H and O–H groups in total. The molecule has 0 heterocycles. The minimum atomic E-state index is -1.36. The lowest BCUT2D eigenvalue weighted by Crippen LogP contribution is -2.56. The van der Waals surface area contributed by atoms with E-state index in [0.717, 1.165) is 10.0 Å². The van der Waals surface area contributed by atoms with E-state index in [1.807, 2.05) is 0 Å². The molecule has 0 bridgehead atoms. The van der Waals surface area contributed by atoms with Crippen molar-refractivity contribution in [3.63, 3.8) is 0 Å². The molecule has 0 spiro atoms. The molecule has 0 radical (unpaired) electrons. The van der Waals surface area contributed by atoms with E-state index in [0.29, 0.717) is 18.4 Å². The quantitative estimate of drug-likeness (QED) is 0.565. The molecule has 0 saturated heterocycles. The van der Waals surface area contributed by atoms with Crippen molar-refractivity contribution < 1.29 is 28.9 Å². The zero-order chi connectivity index (χ0) is 18.8. The Morgan fingerprint density at radius 3 is 2.56 bits per heavy atom. The Balaban J connectivity index is 2.32. The first-order valence-electron chi connectivity index (χ1n) is 7.82. The van der Waals surface area contributed by atoms with Gasteiger partial charge in [0, 0.05) is 22.9 Å². The van der Waals surface area contributed by atoms with Crippen molar-refractivity contribution in [3.8, 4) is 5.75 Å². The Bertz CT molecular complexity index is 684. The number of methoxy groups -OCH3 is 1. The molecule has 25 heavy (non-hydrogen) atoms. The number of rotatable bonds is 2. The molecule has 2 rings (SSSR count). The van der Waals surface area contributed by atoms with E-state index in [9.17, 15) is 14.7 Å². The van der Waals surface area contributed by atoms with Gasteiger partial charge in [-0.2, -0.15) is 0 Å². The molecule has 1 amide bonds. The number of hydrogen-bond donors (Lipinski definition) is 2. The summed E-state index contributed by atoms with van der Waals surface area (Å²) >= 11 is 3.45. The van der Waals surface area contributed by atoms with Crippen molar-refractivity contribution in [2.45, 2.75) is 51.4 Å². The van der Waals surface area contributed by atoms with Crippen molar-refractivity contribution in [3.05, 3.63) is 27.7 Å². The van der Waals surface area contributed by atoms with Crippen LogP contribution in [-0.4, -0.2) is 35.8 Å². The SMILES string of the molecule is COC(=O)O[C@@]1(NC(=O)OC(C)(C)C)CCc2c(Br)ccc(O)c2C1. The van der Waals surface area contributed by atoms with Crippen molar-refractivity contribution in [2.75, 3.05) is 7.11 Å². The van der Waals surface area contributed by atoms with Crippen LogP contribution in [0.2, 0.25) is 0 Å². The van der Waals surface area contributed by atoms with Gasteiger partial charge in [-0.1, -0.05) is 15.9 Å². The lowest BCUT2D eigenvalue weighted by molar-refractivity contribution is -0.0601. The van der Waals surface area contributed by atoms with Crippen molar-refractivity contribution in [1.82, 2.24) is 5.32 Å². The number of benzene rings is 1. The van der Waals surface area contributed by atoms with Crippen LogP contribution in [0.15, 0.2) is 16.6 Å². The summed E-state index contributed by atoms with van der Waals surface area (Å²) in [7, 11) is 1.19. The van der Waals surface area contributed by atoms with Gasteiger partial charge >= 0.3 is 12.2 Å². The minimum absolute atomic E-state index is 0.0710. The predicted octanol–water partition coefficient (Wildman–Crippen LogP) is 3.65. The number of carbonyl (C=O) groups is 2. The van der Waals surface area contributed by atoms with Crippen LogP contribution < -0.4 is 5.32 Å². The smallest absolute Gasteiger partial charge is 0.508 e. The van der Waals surface area contributed by atoms with Gasteiger partial charge in [-0.3, -0.25) is 5.32 Å². The van der Waals surface area contributed by atoms with E-state index in [-0.39, 0.29) is 12.2 Å². The molecule has 1 aromatic rings. The summed E-state index contributed by atoms with van der Waals surface area (Å²) in [5.74, 6) is 0.0710. The van der Waals surface area contributed by atoms with Crippen molar-refractivity contribution in [2.24, 2.45) is 0 Å². The fourth-order valence-electron chi connectivity index (χ4n) is 2.73. The number of amides is 1. The average Bonchev–Trinajstić information content (AvgIpc) is 2.49. The molecule has 0 aliphatic heterocycles. The Labute approximate surface area is 154 Å². The van der Waals surface area contributed by atoms with Gasteiger partial charge in [0.2, 0.25) is 0 Å². The molecular weight excluding hydrogens is 394 g/mol. The molecule has 0 saturated carbocycles. The molecule has 7 nitrogen and oxygen atoms in total. The summed E-state index contributed by atoms with van der Waals surface area (Å²) in [5.41, 5.74) is -0.551. The highest BCUT2D eigenvalue weighted by Crippen LogP contribution is 2.38. The first-order valence-corrected chi connectivity index (χ1v) is 8.62. The number of ether oxygens (including phenoxy) is 3. The van der Waals surface area contributed by atoms with Crippen LogP contribution in [0.5, 0.6) is 5.75 Å². The van der Waals surface area contributed by atoms with E-state index in [4.69, 9.17) is 9.47 Å². The van der Waals surface area contributed by atoms with Crippen molar-refractivity contribution >= 4 is 28.2 Å². The van der Waals surface area contributed by atoms with Gasteiger partial charge < -0.3 is 19.3 Å². The molecule has 0 fully saturated rings. The third kappa shape index (κ3) is 4.78. The normalized spacial score (nSPS) is 19.6. The highest BCUT2D eigenvalue weighted by Gasteiger charge is 2.42. The predicted molar refractivity (Wildman–Crippen MR) is 93.4 cm³/mol. The zero-order valence-electron chi connectivity index (χ0n) is 14.6. The van der Waals surface area contributed by atoms with Crippen LogP contribution in [0.3, 0.4) is 0 Å². The standard InChI is InChI=1S/C17H22BrNO6/c1-16(2,3)24-14(21)19-17(25-15(22)23-4)8-7-10-11(9-17)13(20)6-5-12(10)18/h5-6,20H,7-9H2,1-4H3,(H,19,21)/t17-/m0/s1. The number of halogens is 1. The third-order valence-corrected chi connectivity index (χ3v) is 4.51. The first kappa shape index (κ1) is 19.4. The highest BCUT2D eigenvalue weighted by molar-refractivity contribution is 9.10. The number of nitrogens with one attached hydrogen (secondary N) is 1. The second-order valence-electron chi connectivity index (χ2n) is 6.88. The number of aromatic hydroxyl groups is 1. The molecule has 1 aliphatic rings. The summed E-state index contributed by atoms with van der Waals surface area (Å²) in [6.45, 7) is 5.21. The Hall–Kier alpha value is -1.96. The number of alkyl carbamates (subject to hydrolysis) is 1. The van der Waals surface area contributed by atoms with Crippen LogP contribution in [0.25, 0.3) is 0 Å². The van der Waals surface area contributed by atoms with E-state index in [1.54, 1.807) is 32.9 Å². The van der Waals surface area contributed by atoms with Crippen LogP contribution >= 0.6 is 15.9 Å². The number of fused-ring (bicyclic) bond motifs is 1. The summed E-state index contributed by atoms with van der Waals surface area (Å²) < 4.78 is 16.1. The number of hydrogen-bond acceptors (Lipinski definition) is 6. The average molecular weight is 416 g/mol. The Morgan fingerprint density at radius 2 is 1.96 bits per heavy atom. The van der Waals surface area contributed by atoms with Crippen LogP contribution in [-0.2, 0) is 27.1 Å². The van der Waals surface area contributed by atoms with Gasteiger partial charge in [0.05, 0.1) is 7.11 Å². The number of carbonyl (C=O) groups excluding carboxylic acids is 2. The minimum Gasteiger partial charge on any atom is -0.508 e. The molecule has 1 aliphatic carbocycles. The number of phenolic OH excluding ortho intramolecular Hbond substituents is 1. The summed E-state index contributed by atoms with van der Waals surface area (Å²) in [6.07, 6.45) is -0.738. The largest absolute Gasteiger partial charge is 0.510 e. The Morgan fingerprint density at radius 1 is 1.28 bits per heavy atom. The summed E-state index contributed by atoms with van der Waals surface area (Å²) in [5, 5.41) is 12.8. The van der Waals surface area contributed by atoms with Gasteiger partial charge in [0.15, 0.2) is 5.72 Å². The molecule has 1 atom stereocenters. The topological polar surface area (TPSA) is 94.1 Å². The van der Waals surface area contributed by atoms with E-state index in [2.05, 4.69) is 26.0 Å². The molecule has 0 aromatic heterocycles. The second kappa shape index (κ2) is 7.11. The van der Waals surface area contributed by atoms with Crippen LogP contribution in [0.1, 0.15) is 38.3 Å². The summed E-state index contributed by atoms with van der Waals surface area (Å²) in [4.78, 5) is 23.9. The second-order valence-corrected chi connectivity index (χ2v) is 7.73. The van der Waals surface area contributed by atoms with E-state index >= 15 is 0 Å². The van der Waals surface area contributed by atoms with Gasteiger partial charge in [-0.15, -0.1) is 0 Å². The monoisotopic (exact) mass is 415 g/mol. The third-order valence-electron chi connectivity index (χ3n) is 3.76. The van der Waals surface area contributed by atoms with E-state index in [1.165, 1.54) is 7.11 Å². The van der Waals surface area contributed by atoms with Gasteiger partial charge in [-0.25, -0.2) is 9.59 Å². The molecule has 138 valence electrons. The van der Waals surface area contributed by atoms with Crippen LogP contribution in [0, 0.1) is 0 Å². The fourth-order valence-corrected chi connectivity index (χ4v) is 3.30. The maximum atomic E-state index is 12.2. The zero-order valence-corrected chi connectivity index (χ0v) is 16.2. The number of phenols is 1. The highest BCUT2D eigenvalue weighted by atomic mass is 79.9.